The molecule has 0 fully saturated rings. The molecule has 4 nitrogen and oxygen atoms in total. The molecule has 0 bridgehead atoms. The van der Waals surface area contributed by atoms with Crippen LogP contribution in [0.4, 0.5) is 0 Å². The van der Waals surface area contributed by atoms with Gasteiger partial charge in [0.2, 0.25) is 0 Å². The Morgan fingerprint density at radius 2 is 1.64 bits per heavy atom. The van der Waals surface area contributed by atoms with Crippen LogP contribution in [0.25, 0.3) is 0 Å². The van der Waals surface area contributed by atoms with Gasteiger partial charge < -0.3 is 5.11 Å². The van der Waals surface area contributed by atoms with E-state index in [-0.39, 0.29) is 41.9 Å². The van der Waals surface area contributed by atoms with E-state index in [2.05, 4.69) is 0 Å². The Bertz CT molecular complexity index is 165. The second kappa shape index (κ2) is 7.52. The van der Waals surface area contributed by atoms with E-state index in [1.165, 1.54) is 0 Å². The molecule has 0 aromatic carbocycles. The summed E-state index contributed by atoms with van der Waals surface area (Å²) in [5.74, 6) is -0.201. The van der Waals surface area contributed by atoms with Gasteiger partial charge in [0.25, 0.3) is 10.1 Å². The molecule has 2 N–H and O–H groups in total. The number of unbranched alkanes of at least 4 members (excludes halogenated alkanes) is 2. The zero-order chi connectivity index (χ0) is 8.04. The molecular weight excluding hydrogens is 179 g/mol. The Hall–Kier alpha value is 0.870. The van der Waals surface area contributed by atoms with Gasteiger partial charge in [-0.3, -0.25) is 4.55 Å². The first-order chi connectivity index (χ1) is 4.56. The summed E-state index contributed by atoms with van der Waals surface area (Å²) in [6.07, 6.45) is 1.64. The van der Waals surface area contributed by atoms with Crippen molar-refractivity contribution >= 4 is 39.7 Å². The summed E-state index contributed by atoms with van der Waals surface area (Å²) in [4.78, 5) is 0. The molecule has 0 aliphatic rings. The predicted octanol–water partition coefficient (Wildman–Crippen LogP) is -0.344. The van der Waals surface area contributed by atoms with Crippen molar-refractivity contribution in [3.05, 3.63) is 0 Å². The molecule has 11 heavy (non-hydrogen) atoms. The monoisotopic (exact) mass is 191 g/mol. The van der Waals surface area contributed by atoms with Crippen LogP contribution in [0.1, 0.15) is 19.3 Å². The normalized spacial score (nSPS) is 10.7. The third kappa shape index (κ3) is 13.8. The van der Waals surface area contributed by atoms with E-state index in [1.54, 1.807) is 0 Å². The summed E-state index contributed by atoms with van der Waals surface area (Å²) in [5, 5.41) is 8.28. The van der Waals surface area contributed by atoms with E-state index >= 15 is 0 Å². The van der Waals surface area contributed by atoms with Crippen LogP contribution in [-0.2, 0) is 10.1 Å². The maximum absolute atomic E-state index is 10.1. The van der Waals surface area contributed by atoms with Crippen LogP contribution in [0.2, 0.25) is 0 Å². The fourth-order valence-electron chi connectivity index (χ4n) is 0.573. The minimum absolute atomic E-state index is 0. The average molecular weight is 191 g/mol. The predicted molar refractivity (Wildman–Crippen MR) is 43.1 cm³/mol. The van der Waals surface area contributed by atoms with E-state index in [0.29, 0.717) is 19.3 Å². The smallest absolute Gasteiger partial charge is 0.264 e. The van der Waals surface area contributed by atoms with Crippen molar-refractivity contribution in [2.45, 2.75) is 19.3 Å². The molecular formula is C5H12NaO4S. The molecule has 0 amide bonds. The van der Waals surface area contributed by atoms with Crippen molar-refractivity contribution in [1.29, 1.82) is 0 Å². The number of hydrogen-bond acceptors (Lipinski definition) is 3. The van der Waals surface area contributed by atoms with Gasteiger partial charge >= 0.3 is 0 Å². The molecule has 63 valence electrons. The second-order valence-electron chi connectivity index (χ2n) is 2.07. The molecule has 0 unspecified atom stereocenters. The van der Waals surface area contributed by atoms with Crippen molar-refractivity contribution in [3.63, 3.8) is 0 Å². The van der Waals surface area contributed by atoms with E-state index < -0.39 is 10.1 Å². The van der Waals surface area contributed by atoms with Gasteiger partial charge in [-0.2, -0.15) is 8.42 Å². The molecule has 0 saturated carbocycles. The molecule has 1 radical (unpaired) electrons. The Balaban J connectivity index is 0. The van der Waals surface area contributed by atoms with Crippen LogP contribution in [0, 0.1) is 0 Å². The molecule has 0 aliphatic heterocycles. The van der Waals surface area contributed by atoms with Gasteiger partial charge in [-0.1, -0.05) is 6.42 Å². The first kappa shape index (κ1) is 14.4. The Morgan fingerprint density at radius 1 is 1.09 bits per heavy atom. The van der Waals surface area contributed by atoms with Crippen molar-refractivity contribution in [2.75, 3.05) is 12.4 Å². The van der Waals surface area contributed by atoms with Crippen LogP contribution >= 0.6 is 0 Å². The summed E-state index contributed by atoms with van der Waals surface area (Å²) in [6.45, 7) is 0.0749. The van der Waals surface area contributed by atoms with Gasteiger partial charge in [0.05, 0.1) is 5.75 Å². The molecule has 0 saturated heterocycles. The second-order valence-corrected chi connectivity index (χ2v) is 3.64. The van der Waals surface area contributed by atoms with Crippen LogP contribution in [0.3, 0.4) is 0 Å². The van der Waals surface area contributed by atoms with Gasteiger partial charge in [-0.15, -0.1) is 0 Å². The molecule has 0 aromatic heterocycles. The summed E-state index contributed by atoms with van der Waals surface area (Å²) in [5.41, 5.74) is 0. The van der Waals surface area contributed by atoms with Gasteiger partial charge in [0.15, 0.2) is 0 Å². The third-order valence-corrected chi connectivity index (χ3v) is 1.86. The molecule has 0 atom stereocenters. The summed E-state index contributed by atoms with van der Waals surface area (Å²) in [7, 11) is -3.79. The largest absolute Gasteiger partial charge is 0.396 e. The molecule has 6 heteroatoms. The molecule has 0 aromatic rings. The topological polar surface area (TPSA) is 74.6 Å². The van der Waals surface area contributed by atoms with Crippen molar-refractivity contribution in [1.82, 2.24) is 0 Å². The SMILES string of the molecule is O=S(=O)(O)CCCCCO.[Na]. The van der Waals surface area contributed by atoms with Crippen molar-refractivity contribution in [3.8, 4) is 0 Å². The summed E-state index contributed by atoms with van der Waals surface area (Å²) in [6, 6.07) is 0. The summed E-state index contributed by atoms with van der Waals surface area (Å²) < 4.78 is 28.4. The number of rotatable bonds is 5. The van der Waals surface area contributed by atoms with Crippen LogP contribution in [-0.4, -0.2) is 60.0 Å². The minimum Gasteiger partial charge on any atom is -0.396 e. The Labute approximate surface area is 89.0 Å². The van der Waals surface area contributed by atoms with Crippen LogP contribution < -0.4 is 0 Å². The van der Waals surface area contributed by atoms with Crippen molar-refractivity contribution in [2.24, 2.45) is 0 Å². The standard InChI is InChI=1S/C5H12O4S.Na/c6-4-2-1-3-5-10(7,8)9;/h6H,1-5H2,(H,7,8,9);. The fraction of sp³-hybridized carbons (Fsp3) is 1.00. The molecule has 0 rings (SSSR count). The van der Waals surface area contributed by atoms with Crippen molar-refractivity contribution < 1.29 is 18.1 Å². The van der Waals surface area contributed by atoms with Gasteiger partial charge in [0.1, 0.15) is 0 Å². The van der Waals surface area contributed by atoms with Crippen LogP contribution in [0.5, 0.6) is 0 Å². The van der Waals surface area contributed by atoms with Gasteiger partial charge in [0, 0.05) is 36.2 Å². The van der Waals surface area contributed by atoms with E-state index in [1.807, 2.05) is 0 Å². The Morgan fingerprint density at radius 3 is 2.00 bits per heavy atom. The maximum atomic E-state index is 10.1. The Kier molecular flexibility index (Phi) is 9.84. The fourth-order valence-corrected chi connectivity index (χ4v) is 1.14. The van der Waals surface area contributed by atoms with Gasteiger partial charge in [-0.25, -0.2) is 0 Å². The first-order valence-electron chi connectivity index (χ1n) is 3.12. The first-order valence-corrected chi connectivity index (χ1v) is 4.73. The third-order valence-electron chi connectivity index (χ3n) is 1.06. The minimum atomic E-state index is -3.79. The molecule has 0 heterocycles. The van der Waals surface area contributed by atoms with Gasteiger partial charge in [-0.05, 0) is 12.8 Å². The quantitative estimate of drug-likeness (QED) is 0.354. The van der Waals surface area contributed by atoms with Crippen LogP contribution in [0.15, 0.2) is 0 Å². The molecule has 0 aliphatic carbocycles. The number of hydrogen-bond donors (Lipinski definition) is 2. The zero-order valence-electron chi connectivity index (χ0n) is 6.65. The van der Waals surface area contributed by atoms with E-state index in [0.717, 1.165) is 0 Å². The molecule has 0 spiro atoms. The number of aliphatic hydroxyl groups excluding tert-OH is 1. The zero-order valence-corrected chi connectivity index (χ0v) is 9.47. The van der Waals surface area contributed by atoms with E-state index in [9.17, 15) is 8.42 Å². The summed E-state index contributed by atoms with van der Waals surface area (Å²) >= 11 is 0. The van der Waals surface area contributed by atoms with E-state index in [4.69, 9.17) is 9.66 Å². The number of aliphatic hydroxyl groups is 1. The average Bonchev–Trinajstić information content (AvgIpc) is 1.78. The maximum Gasteiger partial charge on any atom is 0.264 e.